The molecule has 0 atom stereocenters. The van der Waals surface area contributed by atoms with Gasteiger partial charge in [-0.25, -0.2) is 9.59 Å². The highest BCUT2D eigenvalue weighted by atomic mass is 16.5. The lowest BCUT2D eigenvalue weighted by Crippen LogP contribution is -2.32. The standard InChI is InChI=1S/C13H16N2O3/c1-18-12(16)10-4-6-11(7-5-10)14-13(17)15-8-2-3-9-15/h4-7H,2-3,8-9H2,1H3,(H,14,17). The van der Waals surface area contributed by atoms with E-state index in [9.17, 15) is 9.59 Å². The zero-order valence-corrected chi connectivity index (χ0v) is 10.3. The maximum absolute atomic E-state index is 11.8. The van der Waals surface area contributed by atoms with Gasteiger partial charge in [0.2, 0.25) is 0 Å². The Morgan fingerprint density at radius 3 is 2.33 bits per heavy atom. The van der Waals surface area contributed by atoms with Gasteiger partial charge in [0.25, 0.3) is 0 Å². The average Bonchev–Trinajstić information content (AvgIpc) is 2.92. The second-order valence-corrected chi connectivity index (χ2v) is 4.19. The monoisotopic (exact) mass is 248 g/mol. The van der Waals surface area contributed by atoms with Gasteiger partial charge in [-0.3, -0.25) is 0 Å². The lowest BCUT2D eigenvalue weighted by atomic mass is 10.2. The van der Waals surface area contributed by atoms with Crippen molar-refractivity contribution in [3.05, 3.63) is 29.8 Å². The predicted octanol–water partition coefficient (Wildman–Crippen LogP) is 2.10. The maximum Gasteiger partial charge on any atom is 0.337 e. The third kappa shape index (κ3) is 2.80. The number of likely N-dealkylation sites (tertiary alicyclic amines) is 1. The largest absolute Gasteiger partial charge is 0.465 e. The molecule has 1 fully saturated rings. The van der Waals surface area contributed by atoms with Gasteiger partial charge in [-0.1, -0.05) is 0 Å². The first-order valence-electron chi connectivity index (χ1n) is 5.95. The van der Waals surface area contributed by atoms with E-state index in [1.54, 1.807) is 29.2 Å². The van der Waals surface area contributed by atoms with E-state index in [1.165, 1.54) is 7.11 Å². The van der Waals surface area contributed by atoms with Crippen LogP contribution < -0.4 is 5.32 Å². The molecule has 1 heterocycles. The van der Waals surface area contributed by atoms with Crippen molar-refractivity contribution in [3.8, 4) is 0 Å². The number of hydrogen-bond acceptors (Lipinski definition) is 3. The van der Waals surface area contributed by atoms with Crippen molar-refractivity contribution < 1.29 is 14.3 Å². The number of amides is 2. The molecule has 1 aliphatic heterocycles. The molecule has 5 heteroatoms. The summed E-state index contributed by atoms with van der Waals surface area (Å²) in [5.41, 5.74) is 1.15. The second kappa shape index (κ2) is 5.53. The van der Waals surface area contributed by atoms with Crippen molar-refractivity contribution in [3.63, 3.8) is 0 Å². The molecule has 1 N–H and O–H groups in total. The Labute approximate surface area is 106 Å². The van der Waals surface area contributed by atoms with E-state index in [0.717, 1.165) is 25.9 Å². The highest BCUT2D eigenvalue weighted by Crippen LogP contribution is 2.13. The number of esters is 1. The highest BCUT2D eigenvalue weighted by Gasteiger charge is 2.17. The molecule has 0 bridgehead atoms. The van der Waals surface area contributed by atoms with Crippen LogP contribution >= 0.6 is 0 Å². The van der Waals surface area contributed by atoms with Crippen LogP contribution in [0, 0.1) is 0 Å². The number of carbonyl (C=O) groups is 2. The number of methoxy groups -OCH3 is 1. The average molecular weight is 248 g/mol. The van der Waals surface area contributed by atoms with Crippen molar-refractivity contribution in [1.82, 2.24) is 4.90 Å². The van der Waals surface area contributed by atoms with Gasteiger partial charge >= 0.3 is 12.0 Å². The topological polar surface area (TPSA) is 58.6 Å². The highest BCUT2D eigenvalue weighted by molar-refractivity contribution is 5.92. The van der Waals surface area contributed by atoms with Crippen molar-refractivity contribution in [2.45, 2.75) is 12.8 Å². The van der Waals surface area contributed by atoms with Gasteiger partial charge in [-0.2, -0.15) is 0 Å². The summed E-state index contributed by atoms with van der Waals surface area (Å²) in [6.45, 7) is 1.62. The fourth-order valence-corrected chi connectivity index (χ4v) is 1.93. The van der Waals surface area contributed by atoms with Crippen LogP contribution in [0.15, 0.2) is 24.3 Å². The van der Waals surface area contributed by atoms with Crippen LogP contribution in [0.2, 0.25) is 0 Å². The van der Waals surface area contributed by atoms with E-state index < -0.39 is 0 Å². The van der Waals surface area contributed by atoms with Crippen LogP contribution in [-0.2, 0) is 4.74 Å². The first-order valence-corrected chi connectivity index (χ1v) is 5.95. The van der Waals surface area contributed by atoms with Crippen molar-refractivity contribution in [2.75, 3.05) is 25.5 Å². The van der Waals surface area contributed by atoms with Crippen molar-refractivity contribution in [2.24, 2.45) is 0 Å². The van der Waals surface area contributed by atoms with E-state index >= 15 is 0 Å². The van der Waals surface area contributed by atoms with Gasteiger partial charge in [-0.05, 0) is 37.1 Å². The fourth-order valence-electron chi connectivity index (χ4n) is 1.93. The molecule has 1 aromatic carbocycles. The van der Waals surface area contributed by atoms with Crippen LogP contribution in [0.1, 0.15) is 23.2 Å². The van der Waals surface area contributed by atoms with Gasteiger partial charge in [0.15, 0.2) is 0 Å². The van der Waals surface area contributed by atoms with Crippen LogP contribution in [0.5, 0.6) is 0 Å². The first kappa shape index (κ1) is 12.4. The number of carbonyl (C=O) groups excluding carboxylic acids is 2. The Bertz CT molecular complexity index is 436. The van der Waals surface area contributed by atoms with E-state index in [-0.39, 0.29) is 12.0 Å². The van der Waals surface area contributed by atoms with E-state index in [0.29, 0.717) is 11.3 Å². The Kier molecular flexibility index (Phi) is 3.82. The molecule has 0 spiro atoms. The van der Waals surface area contributed by atoms with Crippen LogP contribution in [0.25, 0.3) is 0 Å². The first-order chi connectivity index (χ1) is 8.70. The lowest BCUT2D eigenvalue weighted by Gasteiger charge is -2.16. The molecule has 2 rings (SSSR count). The molecule has 96 valence electrons. The zero-order valence-electron chi connectivity index (χ0n) is 10.3. The number of nitrogens with one attached hydrogen (secondary N) is 1. The SMILES string of the molecule is COC(=O)c1ccc(NC(=O)N2CCCC2)cc1. The molecule has 1 saturated heterocycles. The maximum atomic E-state index is 11.8. The summed E-state index contributed by atoms with van der Waals surface area (Å²) in [4.78, 5) is 24.8. The Balaban J connectivity index is 1.97. The van der Waals surface area contributed by atoms with Crippen LogP contribution in [0.4, 0.5) is 10.5 Å². The zero-order chi connectivity index (χ0) is 13.0. The smallest absolute Gasteiger partial charge is 0.337 e. The summed E-state index contributed by atoms with van der Waals surface area (Å²) in [7, 11) is 1.34. The normalized spacial score (nSPS) is 14.4. The summed E-state index contributed by atoms with van der Waals surface area (Å²) in [5, 5.41) is 2.80. The Morgan fingerprint density at radius 1 is 1.17 bits per heavy atom. The van der Waals surface area contributed by atoms with Crippen molar-refractivity contribution in [1.29, 1.82) is 0 Å². The van der Waals surface area contributed by atoms with Gasteiger partial charge < -0.3 is 15.0 Å². The summed E-state index contributed by atoms with van der Waals surface area (Å²) in [6.07, 6.45) is 2.13. The van der Waals surface area contributed by atoms with E-state index in [2.05, 4.69) is 10.1 Å². The number of urea groups is 1. The molecule has 1 aromatic rings. The summed E-state index contributed by atoms with van der Waals surface area (Å²) < 4.78 is 4.60. The summed E-state index contributed by atoms with van der Waals surface area (Å²) in [5.74, 6) is -0.382. The molecule has 18 heavy (non-hydrogen) atoms. The fraction of sp³-hybridized carbons (Fsp3) is 0.385. The lowest BCUT2D eigenvalue weighted by molar-refractivity contribution is 0.0601. The Hall–Kier alpha value is -2.04. The van der Waals surface area contributed by atoms with Crippen molar-refractivity contribution >= 4 is 17.7 Å². The number of nitrogens with zero attached hydrogens (tertiary/aromatic N) is 1. The van der Waals surface area contributed by atoms with Gasteiger partial charge in [0.1, 0.15) is 0 Å². The second-order valence-electron chi connectivity index (χ2n) is 4.19. The minimum Gasteiger partial charge on any atom is -0.465 e. The van der Waals surface area contributed by atoms with E-state index in [4.69, 9.17) is 0 Å². The number of rotatable bonds is 2. The minimum atomic E-state index is -0.382. The number of hydrogen-bond donors (Lipinski definition) is 1. The van der Waals surface area contributed by atoms with E-state index in [1.807, 2.05) is 0 Å². The molecule has 5 nitrogen and oxygen atoms in total. The van der Waals surface area contributed by atoms with Gasteiger partial charge in [0, 0.05) is 18.8 Å². The number of ether oxygens (including phenoxy) is 1. The molecule has 0 saturated carbocycles. The molecular formula is C13H16N2O3. The molecule has 0 radical (unpaired) electrons. The third-order valence-corrected chi connectivity index (χ3v) is 2.95. The number of anilines is 1. The third-order valence-electron chi connectivity index (χ3n) is 2.95. The molecule has 0 aromatic heterocycles. The molecule has 0 unspecified atom stereocenters. The molecular weight excluding hydrogens is 232 g/mol. The summed E-state index contributed by atoms with van der Waals surface area (Å²) in [6, 6.07) is 6.57. The van der Waals surface area contributed by atoms with Gasteiger partial charge in [-0.15, -0.1) is 0 Å². The minimum absolute atomic E-state index is 0.0849. The molecule has 1 aliphatic rings. The predicted molar refractivity (Wildman–Crippen MR) is 67.6 cm³/mol. The molecule has 2 amide bonds. The Morgan fingerprint density at radius 2 is 1.78 bits per heavy atom. The summed E-state index contributed by atoms with van der Waals surface area (Å²) >= 11 is 0. The quantitative estimate of drug-likeness (QED) is 0.815. The number of benzene rings is 1. The van der Waals surface area contributed by atoms with Crippen LogP contribution in [-0.4, -0.2) is 37.1 Å². The molecule has 0 aliphatic carbocycles. The van der Waals surface area contributed by atoms with Crippen LogP contribution in [0.3, 0.4) is 0 Å². The van der Waals surface area contributed by atoms with Gasteiger partial charge in [0.05, 0.1) is 12.7 Å².